The van der Waals surface area contributed by atoms with Gasteiger partial charge >= 0.3 is 75.5 Å². The molecule has 0 aliphatic heterocycles. The molecular weight excluding hydrogens is 240 g/mol. The Bertz CT molecular complexity index is 138. The molecule has 0 aliphatic carbocycles. The van der Waals surface area contributed by atoms with E-state index < -0.39 is 24.5 Å². The Morgan fingerprint density at radius 2 is 1.46 bits per heavy atom. The van der Waals surface area contributed by atoms with Crippen LogP contribution in [0.1, 0.15) is 6.42 Å². The first-order chi connectivity index (χ1) is 4.04. The molecule has 0 aromatic heterocycles. The van der Waals surface area contributed by atoms with Crippen LogP contribution in [0.2, 0.25) is 0 Å². The molecule has 1 atom stereocenters. The number of carboxylic acids is 2. The first-order valence-electron chi connectivity index (χ1n) is 2.13. The van der Waals surface area contributed by atoms with Crippen LogP contribution in [0.5, 0.6) is 0 Å². The first kappa shape index (κ1) is 29.3. The molecular formula is C4H6Ca2O7. The molecule has 7 nitrogen and oxygen atoms in total. The van der Waals surface area contributed by atoms with Crippen LogP contribution in [0.15, 0.2) is 0 Å². The Labute approximate surface area is 134 Å². The van der Waals surface area contributed by atoms with E-state index in [4.69, 9.17) is 5.11 Å². The summed E-state index contributed by atoms with van der Waals surface area (Å²) in [5, 5.41) is 27.3. The Balaban J connectivity index is -0.0000000533. The number of carbonyl (C=O) groups is 2. The van der Waals surface area contributed by atoms with Crippen molar-refractivity contribution in [3.8, 4) is 0 Å². The van der Waals surface area contributed by atoms with Crippen LogP contribution in [0, 0.1) is 0 Å². The molecule has 68 valence electrons. The second kappa shape index (κ2) is 15.8. The number of carbonyl (C=O) groups excluding carboxylic acids is 2. The average molecular weight is 246 g/mol. The van der Waals surface area contributed by atoms with Gasteiger partial charge < -0.3 is 35.9 Å². The molecule has 0 saturated carbocycles. The van der Waals surface area contributed by atoms with Crippen molar-refractivity contribution in [2.45, 2.75) is 12.5 Å². The van der Waals surface area contributed by atoms with Crippen LogP contribution < -0.4 is 10.2 Å². The minimum Gasteiger partial charge on any atom is -0.870 e. The van der Waals surface area contributed by atoms with E-state index in [-0.39, 0.29) is 86.4 Å². The Morgan fingerprint density at radius 1 is 1.15 bits per heavy atom. The van der Waals surface area contributed by atoms with Crippen LogP contribution in [0.3, 0.4) is 0 Å². The zero-order chi connectivity index (χ0) is 7.44. The Hall–Kier alpha value is 1.34. The molecule has 0 saturated heterocycles. The van der Waals surface area contributed by atoms with Crippen molar-refractivity contribution in [1.82, 2.24) is 0 Å². The van der Waals surface area contributed by atoms with Gasteiger partial charge in [0.05, 0.1) is 12.1 Å². The fourth-order valence-corrected chi connectivity index (χ4v) is 0.241. The third-order valence-corrected chi connectivity index (χ3v) is 0.632. The van der Waals surface area contributed by atoms with E-state index in [1.165, 1.54) is 0 Å². The Morgan fingerprint density at radius 3 is 1.54 bits per heavy atom. The molecule has 3 N–H and O–H groups in total. The maximum atomic E-state index is 9.58. The van der Waals surface area contributed by atoms with Crippen molar-refractivity contribution in [3.05, 3.63) is 0 Å². The zero-order valence-corrected chi connectivity index (χ0v) is 11.1. The van der Waals surface area contributed by atoms with E-state index >= 15 is 0 Å². The number of carboxylic acid groups (broad SMARTS) is 2. The van der Waals surface area contributed by atoms with Gasteiger partial charge in [-0.25, -0.2) is 0 Å². The van der Waals surface area contributed by atoms with Gasteiger partial charge in [0.25, 0.3) is 0 Å². The van der Waals surface area contributed by atoms with Crippen molar-refractivity contribution in [2.24, 2.45) is 0 Å². The predicted octanol–water partition coefficient (Wildman–Crippen LogP) is -4.88. The molecule has 13 heavy (non-hydrogen) atoms. The van der Waals surface area contributed by atoms with Crippen molar-refractivity contribution in [3.63, 3.8) is 0 Å². The van der Waals surface area contributed by atoms with Gasteiger partial charge in [0.1, 0.15) is 0 Å². The number of aliphatic hydroxyl groups is 1. The third kappa shape index (κ3) is 19.7. The van der Waals surface area contributed by atoms with E-state index in [0.29, 0.717) is 0 Å². The summed E-state index contributed by atoms with van der Waals surface area (Å²) in [6.45, 7) is 0. The van der Waals surface area contributed by atoms with Crippen molar-refractivity contribution >= 4 is 87.4 Å². The van der Waals surface area contributed by atoms with Crippen LogP contribution in [0.4, 0.5) is 0 Å². The number of aliphatic carboxylic acids is 2. The molecule has 0 amide bonds. The molecule has 0 heterocycles. The predicted molar refractivity (Wildman–Crippen MR) is 36.0 cm³/mol. The van der Waals surface area contributed by atoms with Crippen LogP contribution in [0.25, 0.3) is 0 Å². The third-order valence-electron chi connectivity index (χ3n) is 0.632. The second-order valence-corrected chi connectivity index (χ2v) is 1.41. The van der Waals surface area contributed by atoms with E-state index in [9.17, 15) is 19.8 Å². The van der Waals surface area contributed by atoms with Gasteiger partial charge in [-0.2, -0.15) is 0 Å². The summed E-state index contributed by atoms with van der Waals surface area (Å²) < 4.78 is 0. The summed E-state index contributed by atoms with van der Waals surface area (Å²) in [4.78, 5) is 19.1. The molecule has 0 aliphatic rings. The standard InChI is InChI=1S/C4H6O5.2Ca.2H2O/c5-2(4(8)9)1-3(6)7;;;;/h2,5H,1H2,(H,6,7)(H,8,9);;;2*1H2/q;2*+2;;/p-4. The summed E-state index contributed by atoms with van der Waals surface area (Å²) in [7, 11) is 0. The SMILES string of the molecule is O=C([O-])CC(O)C(=O)[O-].[Ca+2].[Ca+2].[OH-].[OH-]. The van der Waals surface area contributed by atoms with Gasteiger partial charge in [-0.15, -0.1) is 0 Å². The summed E-state index contributed by atoms with van der Waals surface area (Å²) >= 11 is 0. The molecule has 9 heteroatoms. The molecule has 0 radical (unpaired) electrons. The number of aliphatic hydroxyl groups excluding tert-OH is 1. The largest absolute Gasteiger partial charge is 2.00 e. The zero-order valence-electron chi connectivity index (χ0n) is 6.67. The van der Waals surface area contributed by atoms with Gasteiger partial charge in [-0.05, 0) is 0 Å². The summed E-state index contributed by atoms with van der Waals surface area (Å²) in [6, 6.07) is 0. The smallest absolute Gasteiger partial charge is 0.870 e. The van der Waals surface area contributed by atoms with Crippen molar-refractivity contribution in [1.29, 1.82) is 0 Å². The van der Waals surface area contributed by atoms with Crippen LogP contribution in [-0.4, -0.2) is 110 Å². The minimum absolute atomic E-state index is 0. The maximum absolute atomic E-state index is 9.58. The van der Waals surface area contributed by atoms with Gasteiger partial charge in [0.2, 0.25) is 0 Å². The molecule has 0 rings (SSSR count). The Kier molecular flexibility index (Phi) is 35.5. The first-order valence-corrected chi connectivity index (χ1v) is 2.13. The summed E-state index contributed by atoms with van der Waals surface area (Å²) in [5.74, 6) is -3.43. The number of hydrogen-bond acceptors (Lipinski definition) is 7. The van der Waals surface area contributed by atoms with Crippen molar-refractivity contribution < 1.29 is 35.9 Å². The van der Waals surface area contributed by atoms with Crippen molar-refractivity contribution in [2.75, 3.05) is 0 Å². The fourth-order valence-electron chi connectivity index (χ4n) is 0.241. The fraction of sp³-hybridized carbons (Fsp3) is 0.500. The van der Waals surface area contributed by atoms with Crippen LogP contribution >= 0.6 is 0 Å². The molecule has 1 unspecified atom stereocenters. The number of hydrogen-bond donors (Lipinski definition) is 1. The minimum atomic E-state index is -1.96. The van der Waals surface area contributed by atoms with Gasteiger partial charge in [-0.3, -0.25) is 0 Å². The van der Waals surface area contributed by atoms with Gasteiger partial charge in [-0.1, -0.05) is 0 Å². The summed E-state index contributed by atoms with van der Waals surface area (Å²) in [6.07, 6.45) is -2.89. The van der Waals surface area contributed by atoms with E-state index in [1.54, 1.807) is 0 Å². The molecule has 0 fully saturated rings. The van der Waals surface area contributed by atoms with E-state index in [1.807, 2.05) is 0 Å². The molecule has 0 spiro atoms. The normalized spacial score (nSPS) is 8.69. The number of rotatable bonds is 3. The maximum Gasteiger partial charge on any atom is 2.00 e. The van der Waals surface area contributed by atoms with E-state index in [2.05, 4.69) is 0 Å². The topological polar surface area (TPSA) is 160 Å². The van der Waals surface area contributed by atoms with E-state index in [0.717, 1.165) is 0 Å². The van der Waals surface area contributed by atoms with Crippen LogP contribution in [-0.2, 0) is 9.59 Å². The average Bonchev–Trinajstić information content (AvgIpc) is 1.63. The molecule has 0 aromatic rings. The quantitative estimate of drug-likeness (QED) is 0.488. The summed E-state index contributed by atoms with van der Waals surface area (Å²) in [5.41, 5.74) is 0. The molecule has 0 bridgehead atoms. The van der Waals surface area contributed by atoms with Gasteiger partial charge in [0.15, 0.2) is 0 Å². The monoisotopic (exact) mass is 246 g/mol. The van der Waals surface area contributed by atoms with Gasteiger partial charge in [0, 0.05) is 12.4 Å². The molecule has 0 aromatic carbocycles. The second-order valence-electron chi connectivity index (χ2n) is 1.41.